The molecule has 1 atom stereocenters. The average Bonchev–Trinajstić information content (AvgIpc) is 2.50. The molecule has 1 rings (SSSR count). The predicted molar refractivity (Wildman–Crippen MR) is 89.8 cm³/mol. The van der Waals surface area contributed by atoms with Gasteiger partial charge in [0, 0.05) is 6.54 Å². The minimum absolute atomic E-state index is 0.0578. The molecule has 0 aliphatic heterocycles. The van der Waals surface area contributed by atoms with Crippen LogP contribution in [0.4, 0.5) is 0 Å². The number of sulfonamides is 1. The van der Waals surface area contributed by atoms with Gasteiger partial charge in [0.25, 0.3) is 5.91 Å². The van der Waals surface area contributed by atoms with E-state index in [9.17, 15) is 18.0 Å². The fourth-order valence-electron chi connectivity index (χ4n) is 1.70. The van der Waals surface area contributed by atoms with Crippen LogP contribution < -0.4 is 10.0 Å². The van der Waals surface area contributed by atoms with Gasteiger partial charge in [-0.2, -0.15) is 4.72 Å². The third-order valence-corrected chi connectivity index (χ3v) is 4.63. The van der Waals surface area contributed by atoms with Crippen LogP contribution >= 0.6 is 0 Å². The fourth-order valence-corrected chi connectivity index (χ4v) is 2.89. The number of aryl methyl sites for hydroxylation is 1. The molecule has 0 aliphatic rings. The number of rotatable bonds is 8. The van der Waals surface area contributed by atoms with Crippen LogP contribution in [0.2, 0.25) is 0 Å². The lowest BCUT2D eigenvalue weighted by atomic mass is 10.2. The molecule has 0 spiro atoms. The molecule has 0 aromatic heterocycles. The first-order chi connectivity index (χ1) is 11.1. The first-order valence-electron chi connectivity index (χ1n) is 7.64. The van der Waals surface area contributed by atoms with Crippen LogP contribution in [0.25, 0.3) is 0 Å². The zero-order valence-electron chi connectivity index (χ0n) is 14.3. The van der Waals surface area contributed by atoms with Crippen molar-refractivity contribution in [2.24, 2.45) is 5.92 Å². The number of esters is 1. The van der Waals surface area contributed by atoms with Gasteiger partial charge in [0.2, 0.25) is 10.0 Å². The summed E-state index contributed by atoms with van der Waals surface area (Å²) in [4.78, 5) is 23.4. The molecule has 1 aromatic carbocycles. The Labute approximate surface area is 142 Å². The number of carbonyl (C=O) groups is 2. The Morgan fingerprint density at radius 1 is 1.12 bits per heavy atom. The molecule has 0 heterocycles. The van der Waals surface area contributed by atoms with Crippen molar-refractivity contribution < 1.29 is 22.7 Å². The normalized spacial score (nSPS) is 12.7. The quantitative estimate of drug-likeness (QED) is 0.676. The molecule has 0 fully saturated rings. The van der Waals surface area contributed by atoms with E-state index in [2.05, 4.69) is 10.0 Å². The minimum Gasteiger partial charge on any atom is -0.454 e. The number of hydrogen-bond donors (Lipinski definition) is 2. The smallest absolute Gasteiger partial charge is 0.324 e. The van der Waals surface area contributed by atoms with Crippen molar-refractivity contribution in [2.75, 3.05) is 13.2 Å². The number of amides is 1. The molecule has 1 amide bonds. The number of ether oxygens (including phenoxy) is 1. The average molecular weight is 356 g/mol. The third kappa shape index (κ3) is 6.67. The van der Waals surface area contributed by atoms with Crippen LogP contribution in [0.1, 0.15) is 26.3 Å². The van der Waals surface area contributed by atoms with Gasteiger partial charge < -0.3 is 10.1 Å². The summed E-state index contributed by atoms with van der Waals surface area (Å²) in [7, 11) is -3.83. The monoisotopic (exact) mass is 356 g/mol. The molecule has 7 nitrogen and oxygen atoms in total. The van der Waals surface area contributed by atoms with E-state index in [-0.39, 0.29) is 10.8 Å². The maximum atomic E-state index is 12.2. The molecule has 0 bridgehead atoms. The lowest BCUT2D eigenvalue weighted by Gasteiger charge is -2.14. The highest BCUT2D eigenvalue weighted by atomic mass is 32.2. The summed E-state index contributed by atoms with van der Waals surface area (Å²) in [5.74, 6) is -0.957. The van der Waals surface area contributed by atoms with E-state index in [1.165, 1.54) is 19.1 Å². The second kappa shape index (κ2) is 8.79. The van der Waals surface area contributed by atoms with Gasteiger partial charge in [-0.15, -0.1) is 0 Å². The van der Waals surface area contributed by atoms with Crippen LogP contribution in [-0.4, -0.2) is 39.5 Å². The Morgan fingerprint density at radius 2 is 1.71 bits per heavy atom. The van der Waals surface area contributed by atoms with Gasteiger partial charge in [0.15, 0.2) is 6.61 Å². The topological polar surface area (TPSA) is 102 Å². The van der Waals surface area contributed by atoms with Crippen LogP contribution in [0.5, 0.6) is 0 Å². The van der Waals surface area contributed by atoms with Gasteiger partial charge in [-0.1, -0.05) is 31.5 Å². The van der Waals surface area contributed by atoms with Crippen molar-refractivity contribution in [3.05, 3.63) is 29.8 Å². The molecule has 0 radical (unpaired) electrons. The molecule has 2 N–H and O–H groups in total. The number of benzene rings is 1. The highest BCUT2D eigenvalue weighted by Gasteiger charge is 2.23. The summed E-state index contributed by atoms with van der Waals surface area (Å²) in [5, 5.41) is 2.60. The molecule has 24 heavy (non-hydrogen) atoms. The highest BCUT2D eigenvalue weighted by Crippen LogP contribution is 2.10. The van der Waals surface area contributed by atoms with Crippen molar-refractivity contribution in [3.8, 4) is 0 Å². The second-order valence-corrected chi connectivity index (χ2v) is 7.68. The Kier molecular flexibility index (Phi) is 7.37. The van der Waals surface area contributed by atoms with Crippen molar-refractivity contribution in [3.63, 3.8) is 0 Å². The third-order valence-electron chi connectivity index (χ3n) is 3.07. The van der Waals surface area contributed by atoms with E-state index in [4.69, 9.17) is 4.74 Å². The lowest BCUT2D eigenvalue weighted by molar-refractivity contribution is -0.149. The number of nitrogens with one attached hydrogen (secondary N) is 2. The van der Waals surface area contributed by atoms with Gasteiger partial charge >= 0.3 is 5.97 Å². The Bertz CT molecular complexity index is 668. The molecular formula is C16H24N2O5S. The SMILES string of the molecule is Cc1ccc(S(=O)(=O)N[C@@H](C)C(=O)OCC(=O)NCC(C)C)cc1. The van der Waals surface area contributed by atoms with Gasteiger partial charge in [0.05, 0.1) is 4.90 Å². The predicted octanol–water partition coefficient (Wildman–Crippen LogP) is 0.977. The second-order valence-electron chi connectivity index (χ2n) is 5.96. The maximum absolute atomic E-state index is 12.2. The van der Waals surface area contributed by atoms with Gasteiger partial charge in [-0.3, -0.25) is 9.59 Å². The summed E-state index contributed by atoms with van der Waals surface area (Å²) < 4.78 is 31.4. The molecule has 134 valence electrons. The van der Waals surface area contributed by atoms with Crippen LogP contribution in [0.15, 0.2) is 29.2 Å². The van der Waals surface area contributed by atoms with Gasteiger partial charge in [-0.05, 0) is 31.9 Å². The molecule has 8 heteroatoms. The Balaban J connectivity index is 2.54. The summed E-state index contributed by atoms with van der Waals surface area (Å²) in [6.45, 7) is 7.12. The molecule has 0 saturated carbocycles. The summed E-state index contributed by atoms with van der Waals surface area (Å²) in [5.41, 5.74) is 0.925. The largest absolute Gasteiger partial charge is 0.454 e. The standard InChI is InChI=1S/C16H24N2O5S/c1-11(2)9-17-15(19)10-23-16(20)13(4)18-24(21,22)14-7-5-12(3)6-8-14/h5-8,11,13,18H,9-10H2,1-4H3,(H,17,19)/t13-/m0/s1. The van der Waals surface area contributed by atoms with Crippen LogP contribution in [0, 0.1) is 12.8 Å². The molecule has 0 saturated heterocycles. The zero-order valence-corrected chi connectivity index (χ0v) is 15.1. The number of carbonyl (C=O) groups excluding carboxylic acids is 2. The van der Waals surface area contributed by atoms with Crippen LogP contribution in [-0.2, 0) is 24.3 Å². The first-order valence-corrected chi connectivity index (χ1v) is 9.12. The van der Waals surface area contributed by atoms with Crippen molar-refractivity contribution in [1.82, 2.24) is 10.0 Å². The zero-order chi connectivity index (χ0) is 18.3. The molecular weight excluding hydrogens is 332 g/mol. The van der Waals surface area contributed by atoms with Crippen molar-refractivity contribution in [1.29, 1.82) is 0 Å². The molecule has 0 aliphatic carbocycles. The summed E-state index contributed by atoms with van der Waals surface area (Å²) >= 11 is 0. The van der Waals surface area contributed by atoms with E-state index in [0.717, 1.165) is 5.56 Å². The maximum Gasteiger partial charge on any atom is 0.324 e. The van der Waals surface area contributed by atoms with Crippen LogP contribution in [0.3, 0.4) is 0 Å². The van der Waals surface area contributed by atoms with Crippen molar-refractivity contribution >= 4 is 21.9 Å². The number of hydrogen-bond acceptors (Lipinski definition) is 5. The van der Waals surface area contributed by atoms with E-state index >= 15 is 0 Å². The van der Waals surface area contributed by atoms with E-state index < -0.39 is 34.5 Å². The Hall–Kier alpha value is -1.93. The molecule has 0 unspecified atom stereocenters. The minimum atomic E-state index is -3.83. The Morgan fingerprint density at radius 3 is 2.25 bits per heavy atom. The molecule has 1 aromatic rings. The van der Waals surface area contributed by atoms with Crippen molar-refractivity contribution in [2.45, 2.75) is 38.6 Å². The van der Waals surface area contributed by atoms with E-state index in [1.54, 1.807) is 12.1 Å². The van der Waals surface area contributed by atoms with E-state index in [1.807, 2.05) is 20.8 Å². The first kappa shape index (κ1) is 20.1. The van der Waals surface area contributed by atoms with Gasteiger partial charge in [0.1, 0.15) is 6.04 Å². The van der Waals surface area contributed by atoms with E-state index in [0.29, 0.717) is 6.54 Å². The highest BCUT2D eigenvalue weighted by molar-refractivity contribution is 7.89. The fraction of sp³-hybridized carbons (Fsp3) is 0.500. The lowest BCUT2D eigenvalue weighted by Crippen LogP contribution is -2.41. The summed E-state index contributed by atoms with van der Waals surface area (Å²) in [6.07, 6.45) is 0. The van der Waals surface area contributed by atoms with Gasteiger partial charge in [-0.25, -0.2) is 8.42 Å². The summed E-state index contributed by atoms with van der Waals surface area (Å²) in [6, 6.07) is 5.13.